The smallest absolute Gasteiger partial charge is 0.254 e. The van der Waals surface area contributed by atoms with Gasteiger partial charge in [0.15, 0.2) is 5.82 Å². The minimum atomic E-state index is -0.208. The molecule has 8 rings (SSSR count). The van der Waals surface area contributed by atoms with E-state index in [9.17, 15) is 9.90 Å². The summed E-state index contributed by atoms with van der Waals surface area (Å²) in [5.74, 6) is 2.86. The summed E-state index contributed by atoms with van der Waals surface area (Å²) in [6.45, 7) is 1.64. The molecule has 2 bridgehead atoms. The number of methoxy groups -OCH3 is 1. The Morgan fingerprint density at radius 1 is 1.12 bits per heavy atom. The molecule has 0 radical (unpaired) electrons. The molecule has 9 nitrogen and oxygen atoms in total. The summed E-state index contributed by atoms with van der Waals surface area (Å²) in [5.41, 5.74) is 11.7. The van der Waals surface area contributed by atoms with Crippen molar-refractivity contribution in [2.45, 2.75) is 69.2 Å². The number of carbonyl (C=O) groups excluding carboxylic acids is 1. The fourth-order valence-electron chi connectivity index (χ4n) is 7.39. The van der Waals surface area contributed by atoms with Crippen LogP contribution >= 0.6 is 0 Å². The van der Waals surface area contributed by atoms with Gasteiger partial charge in [-0.2, -0.15) is 0 Å². The zero-order chi connectivity index (χ0) is 27.3. The van der Waals surface area contributed by atoms with Gasteiger partial charge in [-0.25, -0.2) is 9.97 Å². The Labute approximate surface area is 232 Å². The summed E-state index contributed by atoms with van der Waals surface area (Å²) in [4.78, 5) is 25.8. The Morgan fingerprint density at radius 3 is 2.62 bits per heavy atom. The molecule has 4 aromatic rings. The molecule has 1 saturated heterocycles. The molecular weight excluding hydrogens is 504 g/mol. The summed E-state index contributed by atoms with van der Waals surface area (Å²) in [6.07, 6.45) is 5.91. The first-order valence-corrected chi connectivity index (χ1v) is 14.7. The van der Waals surface area contributed by atoms with Crippen molar-refractivity contribution in [3.63, 3.8) is 0 Å². The van der Waals surface area contributed by atoms with E-state index in [1.807, 2.05) is 24.1 Å². The number of carbonyl (C=O) groups is 1. The van der Waals surface area contributed by atoms with Crippen molar-refractivity contribution >= 4 is 28.0 Å². The second-order valence-corrected chi connectivity index (χ2v) is 12.5. The van der Waals surface area contributed by atoms with Gasteiger partial charge >= 0.3 is 0 Å². The Hall–Kier alpha value is -3.43. The fraction of sp³-hybridized carbons (Fsp3) is 0.516. The molecule has 3 aromatic heterocycles. The van der Waals surface area contributed by atoms with Crippen LogP contribution in [0, 0.1) is 11.8 Å². The van der Waals surface area contributed by atoms with Gasteiger partial charge in [0.1, 0.15) is 16.9 Å². The molecule has 4 heterocycles. The molecule has 0 spiro atoms. The third-order valence-corrected chi connectivity index (χ3v) is 9.98. The maximum atomic E-state index is 13.6. The first-order valence-electron chi connectivity index (χ1n) is 14.7. The highest BCUT2D eigenvalue weighted by Gasteiger charge is 2.47. The minimum Gasteiger partial charge on any atom is -0.494 e. The van der Waals surface area contributed by atoms with Gasteiger partial charge in [0.2, 0.25) is 0 Å². The Kier molecular flexibility index (Phi) is 5.35. The van der Waals surface area contributed by atoms with Crippen LogP contribution in [0.2, 0.25) is 0 Å². The molecule has 3 saturated carbocycles. The van der Waals surface area contributed by atoms with E-state index in [1.165, 1.54) is 12.8 Å². The number of pyridine rings is 1. The lowest BCUT2D eigenvalue weighted by molar-refractivity contribution is 0.0700. The number of imidazole rings is 1. The number of likely N-dealkylation sites (tertiary alicyclic amines) is 1. The van der Waals surface area contributed by atoms with E-state index >= 15 is 0 Å². The average molecular weight is 541 g/mol. The first kappa shape index (κ1) is 24.4. The molecule has 1 aromatic carbocycles. The molecule has 3 aliphatic carbocycles. The van der Waals surface area contributed by atoms with Crippen molar-refractivity contribution < 1.29 is 14.6 Å². The number of amides is 1. The van der Waals surface area contributed by atoms with Crippen LogP contribution in [-0.2, 0) is 13.6 Å². The maximum Gasteiger partial charge on any atom is 0.254 e. The summed E-state index contributed by atoms with van der Waals surface area (Å²) in [6, 6.07) is 10.4. The van der Waals surface area contributed by atoms with Gasteiger partial charge in [-0.3, -0.25) is 4.79 Å². The number of aryl methyl sites for hydroxylation is 1. The van der Waals surface area contributed by atoms with E-state index in [1.54, 1.807) is 7.11 Å². The Bertz CT molecular complexity index is 1660. The molecule has 1 aliphatic heterocycles. The highest BCUT2D eigenvalue weighted by molar-refractivity contribution is 6.00. The lowest BCUT2D eigenvalue weighted by atomic mass is 9.80. The van der Waals surface area contributed by atoms with Crippen LogP contribution in [0.25, 0.3) is 33.6 Å². The standard InChI is InChI=1S/C31H36N6O3/c1-35-28-23(11-20(13-26(28)40-2)31(39)37-15-18-6-8-24(37)27(18)32)34-30(35)25-12-17-5-7-22(19-9-21(38)10-19)33-29(17)36(25)14-16-3-4-16/h5,7,11-13,16,18-19,21,24,27,38H,3-4,6,8-10,14-15,32H2,1-2H3/t18-,19?,21?,24-,27-/m1/s1. The molecule has 4 aliphatic rings. The van der Waals surface area contributed by atoms with Gasteiger partial charge in [0.25, 0.3) is 5.91 Å². The van der Waals surface area contributed by atoms with Crippen LogP contribution in [0.5, 0.6) is 5.75 Å². The molecule has 0 unspecified atom stereocenters. The van der Waals surface area contributed by atoms with Gasteiger partial charge in [-0.05, 0) is 80.7 Å². The number of hydrogen-bond donors (Lipinski definition) is 2. The summed E-state index contributed by atoms with van der Waals surface area (Å²) < 4.78 is 10.2. The summed E-state index contributed by atoms with van der Waals surface area (Å²) in [7, 11) is 3.66. The van der Waals surface area contributed by atoms with Crippen molar-refractivity contribution in [1.82, 2.24) is 24.0 Å². The van der Waals surface area contributed by atoms with Crippen LogP contribution in [0.3, 0.4) is 0 Å². The van der Waals surface area contributed by atoms with Crippen molar-refractivity contribution in [1.29, 1.82) is 0 Å². The average Bonchev–Trinajstić information content (AvgIpc) is 3.35. The predicted octanol–water partition coefficient (Wildman–Crippen LogP) is 3.81. The predicted molar refractivity (Wildman–Crippen MR) is 152 cm³/mol. The van der Waals surface area contributed by atoms with Crippen LogP contribution in [0.1, 0.15) is 60.5 Å². The molecule has 208 valence electrons. The third-order valence-electron chi connectivity index (χ3n) is 9.98. The number of rotatable bonds is 6. The fourth-order valence-corrected chi connectivity index (χ4v) is 7.39. The highest BCUT2D eigenvalue weighted by Crippen LogP contribution is 2.41. The molecule has 40 heavy (non-hydrogen) atoms. The van der Waals surface area contributed by atoms with Gasteiger partial charge in [-0.15, -0.1) is 0 Å². The highest BCUT2D eigenvalue weighted by atomic mass is 16.5. The lowest BCUT2D eigenvalue weighted by Gasteiger charge is -2.30. The number of ether oxygens (including phenoxy) is 1. The topological polar surface area (TPSA) is 111 Å². The molecular formula is C31H36N6O3. The third kappa shape index (κ3) is 3.63. The van der Waals surface area contributed by atoms with Crippen molar-refractivity contribution in [2.75, 3.05) is 13.7 Å². The number of piperidine rings is 1. The molecule has 4 fully saturated rings. The number of aliphatic hydroxyl groups is 1. The summed E-state index contributed by atoms with van der Waals surface area (Å²) >= 11 is 0. The number of aromatic nitrogens is 4. The zero-order valence-electron chi connectivity index (χ0n) is 23.1. The van der Waals surface area contributed by atoms with Crippen molar-refractivity contribution in [2.24, 2.45) is 24.6 Å². The van der Waals surface area contributed by atoms with E-state index < -0.39 is 0 Å². The molecule has 3 atom stereocenters. The van der Waals surface area contributed by atoms with Crippen molar-refractivity contribution in [3.8, 4) is 17.3 Å². The van der Waals surface area contributed by atoms with E-state index in [0.29, 0.717) is 29.1 Å². The van der Waals surface area contributed by atoms with Crippen LogP contribution in [0.15, 0.2) is 30.3 Å². The summed E-state index contributed by atoms with van der Waals surface area (Å²) in [5, 5.41) is 10.9. The van der Waals surface area contributed by atoms with Crippen molar-refractivity contribution in [3.05, 3.63) is 41.6 Å². The van der Waals surface area contributed by atoms with Gasteiger partial charge in [0, 0.05) is 54.8 Å². The molecule has 9 heteroatoms. The molecule has 3 N–H and O–H groups in total. The van der Waals surface area contributed by atoms with Gasteiger partial charge in [-0.1, -0.05) is 0 Å². The zero-order valence-corrected chi connectivity index (χ0v) is 23.1. The SMILES string of the molecule is COc1cc(C(=O)N2C[C@H]3CC[C@@H]2[C@@H]3N)cc2nc(-c3cc4ccc(C5CC(O)C5)nc4n3CC3CC3)n(C)c12. The van der Waals surface area contributed by atoms with E-state index in [-0.39, 0.29) is 24.1 Å². The number of hydrogen-bond acceptors (Lipinski definition) is 6. The van der Waals surface area contributed by atoms with Gasteiger partial charge in [0.05, 0.1) is 24.4 Å². The largest absolute Gasteiger partial charge is 0.494 e. The van der Waals surface area contributed by atoms with Crippen LogP contribution < -0.4 is 10.5 Å². The maximum absolute atomic E-state index is 13.6. The second-order valence-electron chi connectivity index (χ2n) is 12.5. The lowest BCUT2D eigenvalue weighted by Crippen LogP contribution is -2.41. The van der Waals surface area contributed by atoms with E-state index in [0.717, 1.165) is 78.1 Å². The number of nitrogens with zero attached hydrogens (tertiary/aromatic N) is 5. The minimum absolute atomic E-state index is 0.00995. The number of aliphatic hydroxyl groups excluding tert-OH is 1. The number of nitrogens with two attached hydrogens (primary N) is 1. The van der Waals surface area contributed by atoms with Gasteiger partial charge < -0.3 is 29.6 Å². The van der Waals surface area contributed by atoms with Crippen LogP contribution in [0.4, 0.5) is 0 Å². The quantitative estimate of drug-likeness (QED) is 0.385. The normalized spacial score (nSPS) is 27.6. The Morgan fingerprint density at radius 2 is 1.95 bits per heavy atom. The molecule has 1 amide bonds. The second kappa shape index (κ2) is 8.78. The number of benzene rings is 1. The number of fused-ring (bicyclic) bond motifs is 4. The van der Waals surface area contributed by atoms with E-state index in [2.05, 4.69) is 27.3 Å². The van der Waals surface area contributed by atoms with E-state index in [4.69, 9.17) is 20.4 Å². The Balaban J connectivity index is 1.23. The monoisotopic (exact) mass is 540 g/mol. The first-order chi connectivity index (χ1) is 19.4. The van der Waals surface area contributed by atoms with Crippen LogP contribution in [-0.4, -0.2) is 66.9 Å².